The standard InChI is InChI=1S/C12H12N4O3S/c13-20(18,19)11-3-1-9(2-4-11)12(17)15-7-10-5-6-14-8-16-10/h1-6,8H,7H2,(H,15,17)(H2,13,18,19). The van der Waals surface area contributed by atoms with Crippen molar-refractivity contribution in [2.45, 2.75) is 11.4 Å². The quantitative estimate of drug-likeness (QED) is 0.826. The first-order chi connectivity index (χ1) is 9.47. The molecule has 0 unspecified atom stereocenters. The summed E-state index contributed by atoms with van der Waals surface area (Å²) in [7, 11) is -3.75. The fraction of sp³-hybridized carbons (Fsp3) is 0.0833. The number of hydrogen-bond acceptors (Lipinski definition) is 5. The van der Waals surface area contributed by atoms with Crippen LogP contribution in [-0.2, 0) is 16.6 Å². The third kappa shape index (κ3) is 3.59. The molecule has 0 bridgehead atoms. The average molecular weight is 292 g/mol. The van der Waals surface area contributed by atoms with Crippen LogP contribution in [0.3, 0.4) is 0 Å². The number of primary sulfonamides is 1. The summed E-state index contributed by atoms with van der Waals surface area (Å²) < 4.78 is 22.2. The second-order valence-electron chi connectivity index (χ2n) is 3.95. The van der Waals surface area contributed by atoms with E-state index in [9.17, 15) is 13.2 Å². The van der Waals surface area contributed by atoms with Crippen LogP contribution in [0.25, 0.3) is 0 Å². The number of sulfonamides is 1. The summed E-state index contributed by atoms with van der Waals surface area (Å²) in [5.41, 5.74) is 1.01. The lowest BCUT2D eigenvalue weighted by Gasteiger charge is -2.05. The van der Waals surface area contributed by atoms with E-state index in [2.05, 4.69) is 15.3 Å². The van der Waals surface area contributed by atoms with Gasteiger partial charge in [-0.1, -0.05) is 0 Å². The number of carbonyl (C=O) groups excluding carboxylic acids is 1. The summed E-state index contributed by atoms with van der Waals surface area (Å²) >= 11 is 0. The van der Waals surface area contributed by atoms with E-state index < -0.39 is 10.0 Å². The molecule has 0 saturated carbocycles. The molecule has 0 atom stereocenters. The Hall–Kier alpha value is -2.32. The number of rotatable bonds is 4. The molecule has 0 radical (unpaired) electrons. The molecule has 2 rings (SSSR count). The summed E-state index contributed by atoms with van der Waals surface area (Å²) in [6.45, 7) is 0.262. The lowest BCUT2D eigenvalue weighted by molar-refractivity contribution is 0.0950. The van der Waals surface area contributed by atoms with Gasteiger partial charge < -0.3 is 5.32 Å². The van der Waals surface area contributed by atoms with Crippen molar-refractivity contribution in [3.05, 3.63) is 54.1 Å². The van der Waals surface area contributed by atoms with E-state index in [4.69, 9.17) is 5.14 Å². The SMILES string of the molecule is NS(=O)(=O)c1ccc(C(=O)NCc2ccncn2)cc1. The van der Waals surface area contributed by atoms with Crippen LogP contribution >= 0.6 is 0 Å². The van der Waals surface area contributed by atoms with Crippen LogP contribution < -0.4 is 10.5 Å². The molecule has 104 valence electrons. The minimum absolute atomic E-state index is 0.0372. The molecule has 1 aromatic heterocycles. The number of aromatic nitrogens is 2. The monoisotopic (exact) mass is 292 g/mol. The molecule has 20 heavy (non-hydrogen) atoms. The molecule has 0 spiro atoms. The molecule has 0 aliphatic heterocycles. The van der Waals surface area contributed by atoms with Crippen molar-refractivity contribution < 1.29 is 13.2 Å². The van der Waals surface area contributed by atoms with Crippen LogP contribution in [0.1, 0.15) is 16.1 Å². The largest absolute Gasteiger partial charge is 0.346 e. The Balaban J connectivity index is 2.03. The van der Waals surface area contributed by atoms with Crippen LogP contribution in [0.5, 0.6) is 0 Å². The van der Waals surface area contributed by atoms with Gasteiger partial charge >= 0.3 is 0 Å². The van der Waals surface area contributed by atoms with Crippen LogP contribution in [0.4, 0.5) is 0 Å². The minimum Gasteiger partial charge on any atom is -0.346 e. The van der Waals surface area contributed by atoms with Crippen molar-refractivity contribution >= 4 is 15.9 Å². The van der Waals surface area contributed by atoms with Gasteiger partial charge in [-0.25, -0.2) is 23.5 Å². The molecule has 0 aliphatic carbocycles. The second kappa shape index (κ2) is 5.76. The van der Waals surface area contributed by atoms with Gasteiger partial charge in [0.2, 0.25) is 10.0 Å². The van der Waals surface area contributed by atoms with Crippen LogP contribution in [0.2, 0.25) is 0 Å². The van der Waals surface area contributed by atoms with Gasteiger partial charge in [0, 0.05) is 11.8 Å². The van der Waals surface area contributed by atoms with Gasteiger partial charge in [-0.2, -0.15) is 0 Å². The Morgan fingerprint density at radius 3 is 2.45 bits per heavy atom. The Bertz CT molecular complexity index is 699. The van der Waals surface area contributed by atoms with Gasteiger partial charge in [0.25, 0.3) is 5.91 Å². The van der Waals surface area contributed by atoms with Crippen molar-refractivity contribution in [1.29, 1.82) is 0 Å². The summed E-state index contributed by atoms with van der Waals surface area (Å²) in [6, 6.07) is 7.05. The lowest BCUT2D eigenvalue weighted by atomic mass is 10.2. The number of nitrogens with zero attached hydrogens (tertiary/aromatic N) is 2. The Morgan fingerprint density at radius 1 is 1.20 bits per heavy atom. The maximum Gasteiger partial charge on any atom is 0.251 e. The van der Waals surface area contributed by atoms with Crippen LogP contribution in [-0.4, -0.2) is 24.3 Å². The highest BCUT2D eigenvalue weighted by atomic mass is 32.2. The van der Waals surface area contributed by atoms with Gasteiger partial charge in [0.05, 0.1) is 17.1 Å². The molecule has 1 aromatic carbocycles. The number of carbonyl (C=O) groups is 1. The number of benzene rings is 1. The van der Waals surface area contributed by atoms with Crippen molar-refractivity contribution in [3.63, 3.8) is 0 Å². The zero-order chi connectivity index (χ0) is 14.6. The number of amides is 1. The molecule has 1 heterocycles. The first kappa shape index (κ1) is 14.1. The molecule has 0 fully saturated rings. The molecular weight excluding hydrogens is 280 g/mol. The van der Waals surface area contributed by atoms with Gasteiger partial charge in [0.15, 0.2) is 0 Å². The number of nitrogens with one attached hydrogen (secondary N) is 1. The van der Waals surface area contributed by atoms with Crippen molar-refractivity contribution in [1.82, 2.24) is 15.3 Å². The van der Waals surface area contributed by atoms with Gasteiger partial charge in [-0.05, 0) is 30.3 Å². The number of nitrogens with two attached hydrogens (primary N) is 1. The fourth-order valence-corrected chi connectivity index (χ4v) is 2.01. The topological polar surface area (TPSA) is 115 Å². The van der Waals surface area contributed by atoms with Gasteiger partial charge in [0.1, 0.15) is 6.33 Å². The molecular formula is C12H12N4O3S. The number of hydrogen-bond donors (Lipinski definition) is 2. The normalized spacial score (nSPS) is 11.1. The van der Waals surface area contributed by atoms with E-state index in [1.54, 1.807) is 12.3 Å². The molecule has 1 amide bonds. The minimum atomic E-state index is -3.75. The van der Waals surface area contributed by atoms with E-state index in [1.807, 2.05) is 0 Å². The fourth-order valence-electron chi connectivity index (χ4n) is 1.49. The molecule has 8 heteroatoms. The zero-order valence-electron chi connectivity index (χ0n) is 10.4. The van der Waals surface area contributed by atoms with E-state index in [1.165, 1.54) is 30.6 Å². The highest BCUT2D eigenvalue weighted by Gasteiger charge is 2.10. The summed E-state index contributed by atoms with van der Waals surface area (Å²) in [6.07, 6.45) is 2.97. The Labute approximate surface area is 115 Å². The Kier molecular flexibility index (Phi) is 4.06. The molecule has 0 aliphatic rings. The van der Waals surface area contributed by atoms with Crippen molar-refractivity contribution in [2.75, 3.05) is 0 Å². The average Bonchev–Trinajstić information content (AvgIpc) is 2.45. The molecule has 3 N–H and O–H groups in total. The Morgan fingerprint density at radius 2 is 1.90 bits per heavy atom. The lowest BCUT2D eigenvalue weighted by Crippen LogP contribution is -2.23. The van der Waals surface area contributed by atoms with Crippen LogP contribution in [0.15, 0.2) is 47.8 Å². The molecule has 0 saturated heterocycles. The summed E-state index contributed by atoms with van der Waals surface area (Å²) in [4.78, 5) is 19.5. The second-order valence-corrected chi connectivity index (χ2v) is 5.51. The zero-order valence-corrected chi connectivity index (χ0v) is 11.2. The van der Waals surface area contributed by atoms with Gasteiger partial charge in [-0.3, -0.25) is 4.79 Å². The third-order valence-corrected chi connectivity index (χ3v) is 3.45. The molecule has 7 nitrogen and oxygen atoms in total. The molecule has 2 aromatic rings. The van der Waals surface area contributed by atoms with Crippen LogP contribution in [0, 0.1) is 0 Å². The predicted octanol–water partition coefficient (Wildman–Crippen LogP) is 0.0540. The van der Waals surface area contributed by atoms with Gasteiger partial charge in [-0.15, -0.1) is 0 Å². The van der Waals surface area contributed by atoms with E-state index in [-0.39, 0.29) is 17.3 Å². The highest BCUT2D eigenvalue weighted by molar-refractivity contribution is 7.89. The maximum absolute atomic E-state index is 11.8. The predicted molar refractivity (Wildman–Crippen MR) is 71.0 cm³/mol. The summed E-state index contributed by atoms with van der Waals surface area (Å²) in [5.74, 6) is -0.329. The first-order valence-corrected chi connectivity index (χ1v) is 7.17. The maximum atomic E-state index is 11.8. The smallest absolute Gasteiger partial charge is 0.251 e. The van der Waals surface area contributed by atoms with Crippen molar-refractivity contribution in [3.8, 4) is 0 Å². The summed E-state index contributed by atoms with van der Waals surface area (Å²) in [5, 5.41) is 7.64. The first-order valence-electron chi connectivity index (χ1n) is 5.63. The highest BCUT2D eigenvalue weighted by Crippen LogP contribution is 2.08. The van der Waals surface area contributed by atoms with E-state index >= 15 is 0 Å². The van der Waals surface area contributed by atoms with E-state index in [0.717, 1.165) is 0 Å². The van der Waals surface area contributed by atoms with Crippen molar-refractivity contribution in [2.24, 2.45) is 5.14 Å². The van der Waals surface area contributed by atoms with E-state index in [0.29, 0.717) is 11.3 Å². The third-order valence-electron chi connectivity index (χ3n) is 2.52.